The summed E-state index contributed by atoms with van der Waals surface area (Å²) in [5, 5.41) is 3.93. The third-order valence-electron chi connectivity index (χ3n) is 6.02. The summed E-state index contributed by atoms with van der Waals surface area (Å²) >= 11 is 1.40. The van der Waals surface area contributed by atoms with Gasteiger partial charge >= 0.3 is 0 Å². The molecule has 0 bridgehead atoms. The highest BCUT2D eigenvalue weighted by Crippen LogP contribution is 2.38. The topological polar surface area (TPSA) is 38.3 Å². The highest BCUT2D eigenvalue weighted by atomic mass is 32.2. The zero-order valence-electron chi connectivity index (χ0n) is 16.6. The van der Waals surface area contributed by atoms with E-state index in [1.54, 1.807) is 7.11 Å². The molecule has 0 saturated carbocycles. The Kier molecular flexibility index (Phi) is 6.38. The average molecular weight is 396 g/mol. The summed E-state index contributed by atoms with van der Waals surface area (Å²) in [6, 6.07) is 13.1. The van der Waals surface area contributed by atoms with E-state index in [1.807, 2.05) is 0 Å². The minimum Gasteiger partial charge on any atom is -0.496 e. The maximum atomic E-state index is 11.5. The van der Waals surface area contributed by atoms with Crippen LogP contribution in [-0.2, 0) is 24.1 Å². The van der Waals surface area contributed by atoms with Gasteiger partial charge in [0.15, 0.2) is 5.12 Å². The van der Waals surface area contributed by atoms with Crippen molar-refractivity contribution in [2.75, 3.05) is 20.2 Å². The Hall–Kier alpha value is -1.78. The van der Waals surface area contributed by atoms with Crippen LogP contribution in [0.2, 0.25) is 0 Å². The van der Waals surface area contributed by atoms with Gasteiger partial charge in [0, 0.05) is 11.3 Å². The van der Waals surface area contributed by atoms with Crippen LogP contribution in [0.1, 0.15) is 53.9 Å². The van der Waals surface area contributed by atoms with Crippen molar-refractivity contribution in [3.63, 3.8) is 0 Å². The summed E-state index contributed by atoms with van der Waals surface area (Å²) in [6.07, 6.45) is 7.48. The Morgan fingerprint density at radius 1 is 1.14 bits per heavy atom. The van der Waals surface area contributed by atoms with Gasteiger partial charge < -0.3 is 10.1 Å². The van der Waals surface area contributed by atoms with E-state index in [2.05, 4.69) is 41.7 Å². The molecule has 28 heavy (non-hydrogen) atoms. The molecule has 1 unspecified atom stereocenters. The smallest absolute Gasteiger partial charge is 0.194 e. The summed E-state index contributed by atoms with van der Waals surface area (Å²) in [5.41, 5.74) is 5.63. The molecular weight excluding hydrogens is 366 g/mol. The zero-order valence-corrected chi connectivity index (χ0v) is 17.4. The highest BCUT2D eigenvalue weighted by Gasteiger charge is 2.22. The molecule has 0 fully saturated rings. The van der Waals surface area contributed by atoms with Crippen molar-refractivity contribution in [2.24, 2.45) is 0 Å². The highest BCUT2D eigenvalue weighted by molar-refractivity contribution is 8.13. The van der Waals surface area contributed by atoms with Crippen LogP contribution < -0.4 is 10.1 Å². The second-order valence-corrected chi connectivity index (χ2v) is 8.92. The maximum absolute atomic E-state index is 11.5. The predicted octanol–water partition coefficient (Wildman–Crippen LogP) is 4.90. The summed E-state index contributed by atoms with van der Waals surface area (Å²) in [4.78, 5) is 12.7. The van der Waals surface area contributed by atoms with Crippen LogP contribution in [0.15, 0.2) is 41.3 Å². The molecule has 0 radical (unpaired) electrons. The van der Waals surface area contributed by atoms with Crippen LogP contribution >= 0.6 is 11.8 Å². The monoisotopic (exact) mass is 395 g/mol. The first-order chi connectivity index (χ1) is 13.7. The van der Waals surface area contributed by atoms with E-state index in [9.17, 15) is 4.79 Å². The molecule has 2 aromatic rings. The molecule has 1 atom stereocenters. The van der Waals surface area contributed by atoms with Crippen molar-refractivity contribution in [2.45, 2.75) is 55.8 Å². The molecule has 1 aliphatic carbocycles. The summed E-state index contributed by atoms with van der Waals surface area (Å²) in [6.45, 7) is 2.05. The molecule has 2 aliphatic rings. The molecule has 4 rings (SSSR count). The fourth-order valence-corrected chi connectivity index (χ4v) is 5.41. The summed E-state index contributed by atoms with van der Waals surface area (Å²) in [5.74, 6) is 1.70. The fraction of sp³-hybridized carbons (Fsp3) is 0.458. The fourth-order valence-electron chi connectivity index (χ4n) is 4.53. The minimum absolute atomic E-state index is 0.295. The molecule has 148 valence electrons. The number of benzene rings is 2. The lowest BCUT2D eigenvalue weighted by atomic mass is 9.80. The van der Waals surface area contributed by atoms with Gasteiger partial charge in [-0.1, -0.05) is 36.0 Å². The van der Waals surface area contributed by atoms with Gasteiger partial charge in [-0.05, 0) is 91.9 Å². The molecule has 0 amide bonds. The molecule has 4 heteroatoms. The van der Waals surface area contributed by atoms with Gasteiger partial charge in [-0.3, -0.25) is 4.79 Å². The number of fused-ring (bicyclic) bond motifs is 2. The Morgan fingerprint density at radius 2 is 2.07 bits per heavy atom. The first kappa shape index (κ1) is 19.5. The zero-order chi connectivity index (χ0) is 19.3. The molecule has 1 heterocycles. The predicted molar refractivity (Wildman–Crippen MR) is 115 cm³/mol. The van der Waals surface area contributed by atoms with E-state index in [1.165, 1.54) is 53.3 Å². The van der Waals surface area contributed by atoms with Crippen molar-refractivity contribution in [1.29, 1.82) is 0 Å². The number of methoxy groups -OCH3 is 1. The van der Waals surface area contributed by atoms with Crippen molar-refractivity contribution in [3.8, 4) is 5.75 Å². The molecule has 2 aromatic carbocycles. The van der Waals surface area contributed by atoms with E-state index in [0.29, 0.717) is 17.5 Å². The molecular formula is C24H29NO2S. The normalized spacial score (nSPS) is 18.5. The van der Waals surface area contributed by atoms with Crippen LogP contribution in [0.5, 0.6) is 5.75 Å². The van der Waals surface area contributed by atoms with Crippen LogP contribution in [0.4, 0.5) is 0 Å². The second kappa shape index (κ2) is 9.15. The van der Waals surface area contributed by atoms with Crippen molar-refractivity contribution in [3.05, 3.63) is 58.7 Å². The summed E-state index contributed by atoms with van der Waals surface area (Å²) in [7, 11) is 1.78. The Morgan fingerprint density at radius 3 is 2.96 bits per heavy atom. The Bertz CT molecular complexity index is 848. The van der Waals surface area contributed by atoms with E-state index >= 15 is 0 Å². The van der Waals surface area contributed by atoms with Crippen LogP contribution in [0, 0.1) is 0 Å². The number of carbonyl (C=O) groups excluding carboxylic acids is 1. The van der Waals surface area contributed by atoms with Crippen molar-refractivity contribution >= 4 is 16.9 Å². The Balaban J connectivity index is 1.26. The number of hydrogen-bond acceptors (Lipinski definition) is 4. The van der Waals surface area contributed by atoms with Gasteiger partial charge in [0.2, 0.25) is 0 Å². The molecule has 1 N–H and O–H groups in total. The second-order valence-electron chi connectivity index (χ2n) is 7.82. The number of thioether (sulfide) groups is 1. The third-order valence-corrected chi connectivity index (χ3v) is 7.07. The van der Waals surface area contributed by atoms with E-state index in [0.717, 1.165) is 43.0 Å². The van der Waals surface area contributed by atoms with Gasteiger partial charge in [-0.15, -0.1) is 0 Å². The van der Waals surface area contributed by atoms with Crippen LogP contribution in [-0.4, -0.2) is 25.3 Å². The SMILES string of the molecule is COc1cccc2c1CCCC2CCNCCc1ccc2c(c1)CCC(=O)S2. The maximum Gasteiger partial charge on any atom is 0.194 e. The number of aryl methyl sites for hydroxylation is 1. The lowest BCUT2D eigenvalue weighted by Gasteiger charge is -2.27. The molecule has 1 aliphatic heterocycles. The number of ether oxygens (including phenoxy) is 1. The van der Waals surface area contributed by atoms with E-state index in [-0.39, 0.29) is 0 Å². The molecule has 3 nitrogen and oxygen atoms in total. The van der Waals surface area contributed by atoms with Gasteiger partial charge in [0.25, 0.3) is 0 Å². The number of carbonyl (C=O) groups is 1. The van der Waals surface area contributed by atoms with Crippen LogP contribution in [0.3, 0.4) is 0 Å². The number of hydrogen-bond donors (Lipinski definition) is 1. The quantitative estimate of drug-likeness (QED) is 0.677. The standard InChI is InChI=1S/C24H29NO2S/c1-27-22-7-3-5-20-18(4-2-6-21(20)22)13-15-25-14-12-17-8-10-23-19(16-17)9-11-24(26)28-23/h3,5,7-8,10,16,18,25H,2,4,6,9,11-15H2,1H3. The first-order valence-corrected chi connectivity index (χ1v) is 11.2. The summed E-state index contributed by atoms with van der Waals surface area (Å²) < 4.78 is 5.56. The van der Waals surface area contributed by atoms with Crippen molar-refractivity contribution in [1.82, 2.24) is 5.32 Å². The largest absolute Gasteiger partial charge is 0.496 e. The van der Waals surface area contributed by atoms with E-state index < -0.39 is 0 Å². The lowest BCUT2D eigenvalue weighted by Crippen LogP contribution is -2.22. The van der Waals surface area contributed by atoms with Crippen molar-refractivity contribution < 1.29 is 9.53 Å². The van der Waals surface area contributed by atoms with Gasteiger partial charge in [0.05, 0.1) is 7.11 Å². The first-order valence-electron chi connectivity index (χ1n) is 10.4. The molecule has 0 saturated heterocycles. The van der Waals surface area contributed by atoms with Gasteiger partial charge in [0.1, 0.15) is 5.75 Å². The molecule has 0 spiro atoms. The van der Waals surface area contributed by atoms with Gasteiger partial charge in [-0.25, -0.2) is 0 Å². The third kappa shape index (κ3) is 4.44. The minimum atomic E-state index is 0.295. The number of rotatable bonds is 7. The van der Waals surface area contributed by atoms with E-state index in [4.69, 9.17) is 4.74 Å². The molecule has 0 aromatic heterocycles. The van der Waals surface area contributed by atoms with Crippen LogP contribution in [0.25, 0.3) is 0 Å². The average Bonchev–Trinajstić information content (AvgIpc) is 2.73. The number of nitrogens with one attached hydrogen (secondary N) is 1. The van der Waals surface area contributed by atoms with Gasteiger partial charge in [-0.2, -0.15) is 0 Å². The lowest BCUT2D eigenvalue weighted by molar-refractivity contribution is -0.111. The Labute approximate surface area is 172 Å².